The Hall–Kier alpha value is -3.16. The quantitative estimate of drug-likeness (QED) is 0.561. The minimum Gasteiger partial charge on any atom is -0.369 e. The van der Waals surface area contributed by atoms with Crippen molar-refractivity contribution in [3.05, 3.63) is 95.6 Å². The molecule has 2 aliphatic rings. The number of para-hydroxylation sites is 1. The molecule has 1 atom stereocenters. The molecule has 1 saturated heterocycles. The highest BCUT2D eigenvalue weighted by Gasteiger charge is 2.31. The number of hydrogen-bond donors (Lipinski definition) is 0. The van der Waals surface area contributed by atoms with Crippen LogP contribution >= 0.6 is 0 Å². The summed E-state index contributed by atoms with van der Waals surface area (Å²) in [6, 6.07) is 24.7. The second-order valence-electron chi connectivity index (χ2n) is 8.92. The Morgan fingerprint density at radius 2 is 1.59 bits per heavy atom. The molecule has 0 radical (unpaired) electrons. The van der Waals surface area contributed by atoms with Crippen molar-refractivity contribution in [3.8, 4) is 0 Å². The number of anilines is 1. The third-order valence-corrected chi connectivity index (χ3v) is 8.86. The van der Waals surface area contributed by atoms with E-state index in [1.807, 2.05) is 42.5 Å². The third-order valence-electron chi connectivity index (χ3n) is 6.97. The zero-order valence-corrected chi connectivity index (χ0v) is 20.1. The van der Waals surface area contributed by atoms with Crippen molar-refractivity contribution >= 4 is 21.6 Å². The minimum atomic E-state index is -3.68. The highest BCUT2D eigenvalue weighted by atomic mass is 32.2. The molecule has 1 heterocycles. The van der Waals surface area contributed by atoms with Gasteiger partial charge in [0, 0.05) is 44.5 Å². The Kier molecular flexibility index (Phi) is 6.15. The van der Waals surface area contributed by atoms with Gasteiger partial charge in [-0.15, -0.1) is 0 Å². The summed E-state index contributed by atoms with van der Waals surface area (Å²) in [7, 11) is -1.88. The van der Waals surface area contributed by atoms with Crippen LogP contribution in [0.4, 0.5) is 5.69 Å². The monoisotopic (exact) mass is 475 g/mol. The Bertz CT molecular complexity index is 1290. The molecule has 0 saturated carbocycles. The molecule has 1 amide bonds. The molecule has 7 heteroatoms. The molecule has 34 heavy (non-hydrogen) atoms. The second kappa shape index (κ2) is 9.24. The molecule has 5 rings (SSSR count). The summed E-state index contributed by atoms with van der Waals surface area (Å²) in [5.41, 5.74) is 3.95. The lowest BCUT2D eigenvalue weighted by atomic mass is 10.1. The molecule has 1 aliphatic heterocycles. The SMILES string of the molecule is CN(C(=O)c1cccc(S(=O)(=O)N2CCN(c3ccccc3)CC2)c1)[C@@H]1CCc2ccccc21. The predicted molar refractivity (Wildman–Crippen MR) is 133 cm³/mol. The first-order chi connectivity index (χ1) is 16.4. The van der Waals surface area contributed by atoms with Gasteiger partial charge in [0.15, 0.2) is 0 Å². The number of nitrogens with zero attached hydrogens (tertiary/aromatic N) is 3. The summed E-state index contributed by atoms with van der Waals surface area (Å²) in [6.07, 6.45) is 1.83. The van der Waals surface area contributed by atoms with Gasteiger partial charge in [0.1, 0.15) is 0 Å². The highest BCUT2D eigenvalue weighted by Crippen LogP contribution is 2.35. The molecule has 0 bridgehead atoms. The molecule has 0 aromatic heterocycles. The number of sulfonamides is 1. The fraction of sp³-hybridized carbons (Fsp3) is 0.296. The first-order valence-corrected chi connectivity index (χ1v) is 13.1. The van der Waals surface area contributed by atoms with Crippen LogP contribution in [0.1, 0.15) is 33.9 Å². The van der Waals surface area contributed by atoms with E-state index in [1.165, 1.54) is 21.5 Å². The van der Waals surface area contributed by atoms with Gasteiger partial charge in [-0.05, 0) is 54.3 Å². The molecule has 1 fully saturated rings. The number of fused-ring (bicyclic) bond motifs is 1. The Morgan fingerprint density at radius 1 is 0.882 bits per heavy atom. The summed E-state index contributed by atoms with van der Waals surface area (Å²) in [4.78, 5) is 17.4. The molecule has 6 nitrogen and oxygen atoms in total. The van der Waals surface area contributed by atoms with Crippen LogP contribution in [0.5, 0.6) is 0 Å². The van der Waals surface area contributed by atoms with E-state index in [-0.39, 0.29) is 16.8 Å². The lowest BCUT2D eigenvalue weighted by Gasteiger charge is -2.35. The smallest absolute Gasteiger partial charge is 0.254 e. The minimum absolute atomic E-state index is 0.00928. The highest BCUT2D eigenvalue weighted by molar-refractivity contribution is 7.89. The zero-order chi connectivity index (χ0) is 23.7. The van der Waals surface area contributed by atoms with Crippen molar-refractivity contribution in [2.75, 3.05) is 38.1 Å². The topological polar surface area (TPSA) is 60.9 Å². The van der Waals surface area contributed by atoms with Crippen molar-refractivity contribution < 1.29 is 13.2 Å². The second-order valence-corrected chi connectivity index (χ2v) is 10.9. The van der Waals surface area contributed by atoms with Gasteiger partial charge >= 0.3 is 0 Å². The lowest BCUT2D eigenvalue weighted by Crippen LogP contribution is -2.48. The summed E-state index contributed by atoms with van der Waals surface area (Å²) >= 11 is 0. The van der Waals surface area contributed by atoms with Crippen LogP contribution < -0.4 is 4.90 Å². The standard InChI is InChI=1S/C27H29N3O3S/c1-28(26-15-14-21-8-5-6-13-25(21)26)27(31)22-9-7-12-24(20-22)34(32,33)30-18-16-29(17-19-30)23-10-3-2-4-11-23/h2-13,20,26H,14-19H2,1H3/t26-/m1/s1. The van der Waals surface area contributed by atoms with E-state index in [0.29, 0.717) is 31.7 Å². The maximum Gasteiger partial charge on any atom is 0.254 e. The molecule has 0 unspecified atom stereocenters. The van der Waals surface area contributed by atoms with Crippen molar-refractivity contribution in [2.45, 2.75) is 23.8 Å². The zero-order valence-electron chi connectivity index (χ0n) is 19.3. The molecule has 1 aliphatic carbocycles. The number of carbonyl (C=O) groups is 1. The van der Waals surface area contributed by atoms with Crippen molar-refractivity contribution in [2.24, 2.45) is 0 Å². The molecule has 3 aromatic carbocycles. The molecule has 176 valence electrons. The number of piperazine rings is 1. The van der Waals surface area contributed by atoms with Gasteiger partial charge < -0.3 is 9.80 Å². The van der Waals surface area contributed by atoms with Gasteiger partial charge in [-0.25, -0.2) is 8.42 Å². The van der Waals surface area contributed by atoms with E-state index in [9.17, 15) is 13.2 Å². The van der Waals surface area contributed by atoms with E-state index in [4.69, 9.17) is 0 Å². The largest absolute Gasteiger partial charge is 0.369 e. The number of amides is 1. The van der Waals surface area contributed by atoms with Gasteiger partial charge in [-0.1, -0.05) is 48.5 Å². The first-order valence-electron chi connectivity index (χ1n) is 11.7. The summed E-state index contributed by atoms with van der Waals surface area (Å²) in [5, 5.41) is 0. The first kappa shape index (κ1) is 22.6. The number of rotatable bonds is 5. The van der Waals surface area contributed by atoms with Crippen LogP contribution in [0.25, 0.3) is 0 Å². The van der Waals surface area contributed by atoms with Crippen molar-refractivity contribution in [3.63, 3.8) is 0 Å². The van der Waals surface area contributed by atoms with Gasteiger partial charge in [-0.2, -0.15) is 4.31 Å². The van der Waals surface area contributed by atoms with Crippen molar-refractivity contribution in [1.29, 1.82) is 0 Å². The van der Waals surface area contributed by atoms with Crippen LogP contribution in [0, 0.1) is 0 Å². The predicted octanol–water partition coefficient (Wildman–Crippen LogP) is 3.96. The van der Waals surface area contributed by atoms with E-state index >= 15 is 0 Å². The van der Waals surface area contributed by atoms with Crippen LogP contribution in [-0.2, 0) is 16.4 Å². The van der Waals surface area contributed by atoms with E-state index < -0.39 is 10.0 Å². The maximum absolute atomic E-state index is 13.4. The third kappa shape index (κ3) is 4.21. The van der Waals surface area contributed by atoms with Gasteiger partial charge in [0.25, 0.3) is 5.91 Å². The average Bonchev–Trinajstić information content (AvgIpc) is 3.33. The summed E-state index contributed by atoms with van der Waals surface area (Å²) in [6.45, 7) is 2.08. The average molecular weight is 476 g/mol. The molecule has 3 aromatic rings. The van der Waals surface area contributed by atoms with E-state index in [0.717, 1.165) is 18.5 Å². The number of benzene rings is 3. The van der Waals surface area contributed by atoms with E-state index in [2.05, 4.69) is 17.0 Å². The Labute approximate surface area is 201 Å². The molecular weight excluding hydrogens is 446 g/mol. The number of carbonyl (C=O) groups excluding carboxylic acids is 1. The van der Waals surface area contributed by atoms with E-state index in [1.54, 1.807) is 30.1 Å². The van der Waals surface area contributed by atoms with Gasteiger partial charge in [-0.3, -0.25) is 4.79 Å². The van der Waals surface area contributed by atoms with Crippen LogP contribution in [0.2, 0.25) is 0 Å². The molecule has 0 spiro atoms. The Morgan fingerprint density at radius 3 is 2.35 bits per heavy atom. The fourth-order valence-electron chi connectivity index (χ4n) is 5.05. The lowest BCUT2D eigenvalue weighted by molar-refractivity contribution is 0.0730. The van der Waals surface area contributed by atoms with Crippen LogP contribution in [-0.4, -0.2) is 56.8 Å². The van der Waals surface area contributed by atoms with Gasteiger partial charge in [0.2, 0.25) is 10.0 Å². The Balaban J connectivity index is 1.31. The molecule has 0 N–H and O–H groups in total. The summed E-state index contributed by atoms with van der Waals surface area (Å²) in [5.74, 6) is -0.160. The van der Waals surface area contributed by atoms with Crippen molar-refractivity contribution in [1.82, 2.24) is 9.21 Å². The van der Waals surface area contributed by atoms with Crippen LogP contribution in [0.15, 0.2) is 83.8 Å². The molecular formula is C27H29N3O3S. The normalized spacial score (nSPS) is 18.5. The fourth-order valence-corrected chi connectivity index (χ4v) is 6.51. The van der Waals surface area contributed by atoms with Gasteiger partial charge in [0.05, 0.1) is 10.9 Å². The van der Waals surface area contributed by atoms with Crippen LogP contribution in [0.3, 0.4) is 0 Å². The number of aryl methyl sites for hydroxylation is 1. The maximum atomic E-state index is 13.4. The summed E-state index contributed by atoms with van der Waals surface area (Å²) < 4.78 is 28.3. The number of hydrogen-bond acceptors (Lipinski definition) is 4.